The molecule has 3 aromatic rings. The number of hydrogen-bond acceptors (Lipinski definition) is 5. The third-order valence-electron chi connectivity index (χ3n) is 5.00. The Morgan fingerprint density at radius 2 is 1.79 bits per heavy atom. The summed E-state index contributed by atoms with van der Waals surface area (Å²) in [5, 5.41) is 4.03. The Kier molecular flexibility index (Phi) is 8.49. The summed E-state index contributed by atoms with van der Waals surface area (Å²) in [5.41, 5.74) is 7.50. The minimum atomic E-state index is -0.348. The van der Waals surface area contributed by atoms with E-state index in [1.807, 2.05) is 63.2 Å². The van der Waals surface area contributed by atoms with Gasteiger partial charge in [0.1, 0.15) is 12.4 Å². The van der Waals surface area contributed by atoms with Crippen molar-refractivity contribution >= 4 is 28.1 Å². The number of rotatable bonds is 9. The third kappa shape index (κ3) is 6.83. The zero-order valence-electron chi connectivity index (χ0n) is 19.1. The van der Waals surface area contributed by atoms with Crippen LogP contribution in [0.1, 0.15) is 27.8 Å². The van der Waals surface area contributed by atoms with Crippen molar-refractivity contribution in [3.8, 4) is 17.2 Å². The molecule has 0 aliphatic carbocycles. The summed E-state index contributed by atoms with van der Waals surface area (Å²) in [5.74, 6) is 1.51. The number of carbonyl (C=O) groups is 1. The molecule has 3 rings (SSSR count). The molecule has 1 amide bonds. The number of nitrogens with one attached hydrogen (secondary N) is 1. The molecule has 7 heteroatoms. The topological polar surface area (TPSA) is 69.2 Å². The van der Waals surface area contributed by atoms with E-state index in [1.54, 1.807) is 13.2 Å². The second-order valence-electron chi connectivity index (χ2n) is 7.60. The van der Waals surface area contributed by atoms with Gasteiger partial charge >= 0.3 is 0 Å². The van der Waals surface area contributed by atoms with Gasteiger partial charge in [-0.15, -0.1) is 0 Å². The van der Waals surface area contributed by atoms with E-state index in [9.17, 15) is 4.79 Å². The number of carbonyl (C=O) groups excluding carboxylic acids is 1. The fourth-order valence-corrected chi connectivity index (χ4v) is 3.76. The molecule has 6 nitrogen and oxygen atoms in total. The first-order valence-electron chi connectivity index (χ1n) is 10.4. The molecule has 1 N–H and O–H groups in total. The van der Waals surface area contributed by atoms with Crippen molar-refractivity contribution in [3.05, 3.63) is 86.9 Å². The van der Waals surface area contributed by atoms with Crippen molar-refractivity contribution in [3.63, 3.8) is 0 Å². The van der Waals surface area contributed by atoms with Crippen LogP contribution in [0.3, 0.4) is 0 Å². The van der Waals surface area contributed by atoms with E-state index in [0.717, 1.165) is 32.3 Å². The van der Waals surface area contributed by atoms with Crippen molar-refractivity contribution in [2.45, 2.75) is 27.4 Å². The Hall–Kier alpha value is -3.32. The first-order chi connectivity index (χ1) is 15.9. The van der Waals surface area contributed by atoms with Crippen LogP contribution in [0.5, 0.6) is 17.2 Å². The van der Waals surface area contributed by atoms with E-state index in [1.165, 1.54) is 6.21 Å². The third-order valence-corrected chi connectivity index (χ3v) is 5.59. The Bertz CT molecular complexity index is 1150. The number of hydrazone groups is 1. The molecule has 33 heavy (non-hydrogen) atoms. The molecule has 0 spiro atoms. The van der Waals surface area contributed by atoms with Gasteiger partial charge in [-0.1, -0.05) is 36.4 Å². The molecule has 0 radical (unpaired) electrons. The molecule has 0 bridgehead atoms. The summed E-state index contributed by atoms with van der Waals surface area (Å²) in [7, 11) is 1.58. The number of halogens is 1. The van der Waals surface area contributed by atoms with E-state index >= 15 is 0 Å². The van der Waals surface area contributed by atoms with Gasteiger partial charge in [-0.3, -0.25) is 4.79 Å². The first-order valence-corrected chi connectivity index (χ1v) is 11.2. The maximum absolute atomic E-state index is 12.1. The highest BCUT2D eigenvalue weighted by molar-refractivity contribution is 9.10. The highest BCUT2D eigenvalue weighted by Gasteiger charge is 2.12. The SMILES string of the molecule is COc1cc(/C=N/NC(=O)COc2cc(C)cc(C)c2C)cc(Br)c1OCc1ccccc1. The number of aryl methyl sites for hydroxylation is 2. The first kappa shape index (κ1) is 24.3. The van der Waals surface area contributed by atoms with E-state index in [4.69, 9.17) is 14.2 Å². The monoisotopic (exact) mass is 510 g/mol. The average molecular weight is 511 g/mol. The maximum Gasteiger partial charge on any atom is 0.277 e. The van der Waals surface area contributed by atoms with Gasteiger partial charge < -0.3 is 14.2 Å². The Morgan fingerprint density at radius 3 is 2.52 bits per heavy atom. The summed E-state index contributed by atoms with van der Waals surface area (Å²) >= 11 is 3.53. The lowest BCUT2D eigenvalue weighted by molar-refractivity contribution is -0.123. The molecule has 172 valence electrons. The van der Waals surface area contributed by atoms with E-state index in [0.29, 0.717) is 23.9 Å². The number of nitrogens with zero attached hydrogens (tertiary/aromatic N) is 1. The summed E-state index contributed by atoms with van der Waals surface area (Å²) < 4.78 is 17.8. The molecule has 3 aromatic carbocycles. The number of ether oxygens (including phenoxy) is 3. The van der Waals surface area contributed by atoms with Crippen LogP contribution < -0.4 is 19.6 Å². The Morgan fingerprint density at radius 1 is 1.03 bits per heavy atom. The highest BCUT2D eigenvalue weighted by atomic mass is 79.9. The van der Waals surface area contributed by atoms with Crippen molar-refractivity contribution in [2.24, 2.45) is 5.10 Å². The average Bonchev–Trinajstić information content (AvgIpc) is 2.80. The lowest BCUT2D eigenvalue weighted by Crippen LogP contribution is -2.24. The van der Waals surface area contributed by atoms with Gasteiger partial charge in [0.2, 0.25) is 0 Å². The minimum Gasteiger partial charge on any atom is -0.493 e. The summed E-state index contributed by atoms with van der Waals surface area (Å²) in [6.45, 7) is 6.27. The van der Waals surface area contributed by atoms with Crippen molar-refractivity contribution in [2.75, 3.05) is 13.7 Å². The van der Waals surface area contributed by atoms with Crippen LogP contribution in [0.4, 0.5) is 0 Å². The maximum atomic E-state index is 12.1. The molecule has 0 saturated heterocycles. The lowest BCUT2D eigenvalue weighted by atomic mass is 10.1. The van der Waals surface area contributed by atoms with Crippen LogP contribution in [0.25, 0.3) is 0 Å². The number of amides is 1. The van der Waals surface area contributed by atoms with Gasteiger partial charge in [-0.2, -0.15) is 5.10 Å². The van der Waals surface area contributed by atoms with Crippen molar-refractivity contribution in [1.82, 2.24) is 5.43 Å². The largest absolute Gasteiger partial charge is 0.493 e. The van der Waals surface area contributed by atoms with Gasteiger partial charge in [0.25, 0.3) is 5.91 Å². The zero-order chi connectivity index (χ0) is 23.8. The fourth-order valence-electron chi connectivity index (χ4n) is 3.19. The smallest absolute Gasteiger partial charge is 0.277 e. The van der Waals surface area contributed by atoms with Crippen molar-refractivity contribution in [1.29, 1.82) is 0 Å². The molecule has 0 atom stereocenters. The van der Waals surface area contributed by atoms with Crippen LogP contribution in [0, 0.1) is 20.8 Å². The highest BCUT2D eigenvalue weighted by Crippen LogP contribution is 2.36. The van der Waals surface area contributed by atoms with Crippen LogP contribution >= 0.6 is 15.9 Å². The van der Waals surface area contributed by atoms with Crippen LogP contribution in [-0.2, 0) is 11.4 Å². The zero-order valence-corrected chi connectivity index (χ0v) is 20.7. The molecule has 0 heterocycles. The molecule has 0 unspecified atom stereocenters. The Labute approximate surface area is 202 Å². The summed E-state index contributed by atoms with van der Waals surface area (Å²) in [4.78, 5) is 12.1. The number of methoxy groups -OCH3 is 1. The van der Waals surface area contributed by atoms with Gasteiger partial charge in [-0.25, -0.2) is 5.43 Å². The normalized spacial score (nSPS) is 10.8. The van der Waals surface area contributed by atoms with Crippen LogP contribution in [-0.4, -0.2) is 25.8 Å². The molecular formula is C26H27BrN2O4. The quantitative estimate of drug-likeness (QED) is 0.305. The molecule has 0 saturated carbocycles. The Balaban J connectivity index is 1.59. The fraction of sp³-hybridized carbons (Fsp3) is 0.231. The predicted octanol–water partition coefficient (Wildman–Crippen LogP) is 5.49. The number of hydrogen-bond donors (Lipinski definition) is 1. The molecule has 0 fully saturated rings. The predicted molar refractivity (Wildman–Crippen MR) is 133 cm³/mol. The summed E-state index contributed by atoms with van der Waals surface area (Å²) in [6, 6.07) is 17.5. The standard InChI is InChI=1S/C26H27BrN2O4/c1-17-10-18(2)19(3)23(11-17)32-16-25(30)29-28-14-21-12-22(27)26(24(13-21)31-4)33-15-20-8-6-5-7-9-20/h5-14H,15-16H2,1-4H3,(H,29,30)/b28-14+. The van der Waals surface area contributed by atoms with Crippen LogP contribution in [0.15, 0.2) is 64.2 Å². The molecule has 0 aliphatic heterocycles. The van der Waals surface area contributed by atoms with Gasteiger partial charge in [0.15, 0.2) is 18.1 Å². The van der Waals surface area contributed by atoms with E-state index in [2.05, 4.69) is 32.5 Å². The number of benzene rings is 3. The van der Waals surface area contributed by atoms with Crippen LogP contribution in [0.2, 0.25) is 0 Å². The second kappa shape index (κ2) is 11.5. The lowest BCUT2D eigenvalue weighted by Gasteiger charge is -2.13. The summed E-state index contributed by atoms with van der Waals surface area (Å²) in [6.07, 6.45) is 1.54. The van der Waals surface area contributed by atoms with Gasteiger partial charge in [0.05, 0.1) is 17.8 Å². The van der Waals surface area contributed by atoms with Gasteiger partial charge in [0, 0.05) is 0 Å². The molecular weight excluding hydrogens is 484 g/mol. The minimum absolute atomic E-state index is 0.125. The second-order valence-corrected chi connectivity index (χ2v) is 8.45. The van der Waals surface area contributed by atoms with Gasteiger partial charge in [-0.05, 0) is 82.7 Å². The van der Waals surface area contributed by atoms with Crippen molar-refractivity contribution < 1.29 is 19.0 Å². The molecule has 0 aromatic heterocycles. The van der Waals surface area contributed by atoms with E-state index < -0.39 is 0 Å². The molecule has 0 aliphatic rings. The van der Waals surface area contributed by atoms with E-state index in [-0.39, 0.29) is 12.5 Å².